The molecule has 2 N–H and O–H groups in total. The van der Waals surface area contributed by atoms with Gasteiger partial charge >= 0.3 is 0 Å². The summed E-state index contributed by atoms with van der Waals surface area (Å²) in [7, 11) is 1.87. The summed E-state index contributed by atoms with van der Waals surface area (Å²) in [6.45, 7) is 0.732. The molecule has 0 spiro atoms. The Balaban J connectivity index is 0.00000225. The minimum atomic E-state index is -0.488. The van der Waals surface area contributed by atoms with Crippen LogP contribution >= 0.6 is 28.3 Å². The van der Waals surface area contributed by atoms with Crippen LogP contribution in [-0.2, 0) is 16.6 Å². The Bertz CT molecular complexity index is 701. The largest absolute Gasteiger partial charge is 0.344 e. The number of nitrogens with two attached hydrogens (primary N) is 1. The number of amides is 1. The lowest BCUT2D eigenvalue weighted by atomic mass is 9.95. The van der Waals surface area contributed by atoms with E-state index >= 15 is 0 Å². The van der Waals surface area contributed by atoms with Crippen molar-refractivity contribution in [2.45, 2.75) is 30.7 Å². The average Bonchev–Trinajstić information content (AvgIpc) is 3.36. The Hall–Kier alpha value is -1.36. The van der Waals surface area contributed by atoms with E-state index in [1.165, 1.54) is 5.56 Å². The molecule has 2 aromatic carbocycles. The quantitative estimate of drug-likeness (QED) is 0.765. The first-order chi connectivity index (χ1) is 11.5. The fraction of sp³-hybridized carbons (Fsp3) is 0.350. The number of carbonyl (C=O) groups is 1. The Morgan fingerprint density at radius 3 is 2.32 bits per heavy atom. The lowest BCUT2D eigenvalue weighted by Crippen LogP contribution is -2.45. The summed E-state index contributed by atoms with van der Waals surface area (Å²) in [6.07, 6.45) is 2.83. The van der Waals surface area contributed by atoms with Gasteiger partial charge in [-0.1, -0.05) is 58.4 Å². The van der Waals surface area contributed by atoms with Crippen LogP contribution in [0.4, 0.5) is 0 Å². The maximum absolute atomic E-state index is 12.6. The highest BCUT2D eigenvalue weighted by molar-refractivity contribution is 9.10. The minimum absolute atomic E-state index is 0. The summed E-state index contributed by atoms with van der Waals surface area (Å²) in [5.41, 5.74) is 8.66. The van der Waals surface area contributed by atoms with Crippen LogP contribution in [0.5, 0.6) is 0 Å². The molecule has 1 fully saturated rings. The fourth-order valence-corrected chi connectivity index (χ4v) is 3.53. The second kappa shape index (κ2) is 8.35. The number of halogens is 2. The molecule has 25 heavy (non-hydrogen) atoms. The van der Waals surface area contributed by atoms with Gasteiger partial charge in [-0.3, -0.25) is 4.79 Å². The fourth-order valence-electron chi connectivity index (χ4n) is 3.26. The van der Waals surface area contributed by atoms with Crippen molar-refractivity contribution >= 4 is 34.2 Å². The zero-order chi connectivity index (χ0) is 17.2. The van der Waals surface area contributed by atoms with Gasteiger partial charge in [0.15, 0.2) is 0 Å². The number of rotatable bonds is 6. The SMILES string of the molecule is CN(CC1(c2ccc(Br)cc2)CC1)C(=O)[C@@H](N)Cc1ccccc1.Cl. The van der Waals surface area contributed by atoms with Gasteiger partial charge in [-0.25, -0.2) is 0 Å². The summed E-state index contributed by atoms with van der Waals surface area (Å²) in [5, 5.41) is 0. The lowest BCUT2D eigenvalue weighted by Gasteiger charge is -2.27. The molecule has 3 nitrogen and oxygen atoms in total. The highest BCUT2D eigenvalue weighted by atomic mass is 79.9. The highest BCUT2D eigenvalue weighted by Crippen LogP contribution is 2.48. The second-order valence-corrected chi connectivity index (χ2v) is 7.69. The van der Waals surface area contributed by atoms with Crippen LogP contribution in [0.3, 0.4) is 0 Å². The van der Waals surface area contributed by atoms with Gasteiger partial charge in [0.05, 0.1) is 6.04 Å². The highest BCUT2D eigenvalue weighted by Gasteiger charge is 2.45. The molecule has 0 unspecified atom stereocenters. The molecular weight excluding hydrogens is 400 g/mol. The molecule has 0 heterocycles. The third-order valence-corrected chi connectivity index (χ3v) is 5.37. The van der Waals surface area contributed by atoms with E-state index in [2.05, 4.69) is 40.2 Å². The smallest absolute Gasteiger partial charge is 0.239 e. The van der Waals surface area contributed by atoms with E-state index in [1.54, 1.807) is 0 Å². The summed E-state index contributed by atoms with van der Waals surface area (Å²) in [6, 6.07) is 17.9. The Kier molecular flexibility index (Phi) is 6.66. The monoisotopic (exact) mass is 422 g/mol. The molecule has 1 atom stereocenters. The molecule has 134 valence electrons. The van der Waals surface area contributed by atoms with Crippen molar-refractivity contribution in [3.05, 3.63) is 70.2 Å². The number of hydrogen-bond donors (Lipinski definition) is 1. The summed E-state index contributed by atoms with van der Waals surface area (Å²) in [4.78, 5) is 14.4. The van der Waals surface area contributed by atoms with Crippen molar-refractivity contribution in [3.63, 3.8) is 0 Å². The molecule has 3 rings (SSSR count). The zero-order valence-corrected chi connectivity index (χ0v) is 16.7. The molecule has 1 aliphatic rings. The molecule has 1 saturated carbocycles. The van der Waals surface area contributed by atoms with Gasteiger partial charge in [0.2, 0.25) is 5.91 Å². The first kappa shape index (κ1) is 20.0. The first-order valence-electron chi connectivity index (χ1n) is 8.31. The second-order valence-electron chi connectivity index (χ2n) is 6.78. The van der Waals surface area contributed by atoms with E-state index in [0.29, 0.717) is 6.42 Å². The predicted molar refractivity (Wildman–Crippen MR) is 108 cm³/mol. The topological polar surface area (TPSA) is 46.3 Å². The van der Waals surface area contributed by atoms with Gasteiger partial charge < -0.3 is 10.6 Å². The Morgan fingerprint density at radius 2 is 1.76 bits per heavy atom. The number of carbonyl (C=O) groups excluding carboxylic acids is 1. The van der Waals surface area contributed by atoms with Crippen LogP contribution in [0.2, 0.25) is 0 Å². The molecule has 2 aromatic rings. The van der Waals surface area contributed by atoms with Gasteiger partial charge in [0.25, 0.3) is 0 Å². The molecule has 1 amide bonds. The molecule has 0 aromatic heterocycles. The third-order valence-electron chi connectivity index (χ3n) is 4.84. The molecular formula is C20H24BrClN2O. The van der Waals surface area contributed by atoms with E-state index in [1.807, 2.05) is 42.3 Å². The molecule has 0 aliphatic heterocycles. The average molecular weight is 424 g/mol. The maximum Gasteiger partial charge on any atom is 0.239 e. The Morgan fingerprint density at radius 1 is 1.16 bits per heavy atom. The summed E-state index contributed by atoms with van der Waals surface area (Å²) < 4.78 is 1.08. The van der Waals surface area contributed by atoms with Gasteiger partial charge in [0, 0.05) is 23.5 Å². The van der Waals surface area contributed by atoms with Crippen LogP contribution in [0.15, 0.2) is 59.1 Å². The van der Waals surface area contributed by atoms with Gasteiger partial charge in [-0.15, -0.1) is 12.4 Å². The van der Waals surface area contributed by atoms with Crippen molar-refractivity contribution < 1.29 is 4.79 Å². The molecule has 1 aliphatic carbocycles. The molecule has 0 saturated heterocycles. The molecule has 0 radical (unpaired) electrons. The summed E-state index contributed by atoms with van der Waals surface area (Å²) >= 11 is 3.48. The number of likely N-dealkylation sites (N-methyl/N-ethyl adjacent to an activating group) is 1. The van der Waals surface area contributed by atoms with Crippen LogP contribution in [0.25, 0.3) is 0 Å². The first-order valence-corrected chi connectivity index (χ1v) is 9.10. The molecule has 5 heteroatoms. The van der Waals surface area contributed by atoms with Gasteiger partial charge in [-0.05, 0) is 42.5 Å². The van der Waals surface area contributed by atoms with Crippen LogP contribution in [-0.4, -0.2) is 30.4 Å². The predicted octanol–water partition coefficient (Wildman–Crippen LogP) is 3.93. The standard InChI is InChI=1S/C20H23BrN2O.ClH/c1-23(19(24)18(22)13-15-5-3-2-4-6-15)14-20(11-12-20)16-7-9-17(21)10-8-16;/h2-10,18H,11-14,22H2,1H3;1H/t18-;/m0./s1. The number of benzene rings is 2. The minimum Gasteiger partial charge on any atom is -0.344 e. The number of nitrogens with zero attached hydrogens (tertiary/aromatic N) is 1. The van der Waals surface area contributed by atoms with Gasteiger partial charge in [-0.2, -0.15) is 0 Å². The van der Waals surface area contributed by atoms with Crippen molar-refractivity contribution in [3.8, 4) is 0 Å². The van der Waals surface area contributed by atoms with Crippen molar-refractivity contribution in [2.75, 3.05) is 13.6 Å². The van der Waals surface area contributed by atoms with Crippen LogP contribution < -0.4 is 5.73 Å². The van der Waals surface area contributed by atoms with E-state index in [4.69, 9.17) is 5.73 Å². The molecule has 0 bridgehead atoms. The van der Waals surface area contributed by atoms with Gasteiger partial charge in [0.1, 0.15) is 0 Å². The van der Waals surface area contributed by atoms with E-state index in [-0.39, 0.29) is 23.7 Å². The normalized spacial score (nSPS) is 15.8. The summed E-state index contributed by atoms with van der Waals surface area (Å²) in [5.74, 6) is 0.0160. The number of hydrogen-bond acceptors (Lipinski definition) is 2. The van der Waals surface area contributed by atoms with Crippen molar-refractivity contribution in [1.82, 2.24) is 4.90 Å². The van der Waals surface area contributed by atoms with Crippen molar-refractivity contribution in [2.24, 2.45) is 5.73 Å². The lowest BCUT2D eigenvalue weighted by molar-refractivity contribution is -0.131. The maximum atomic E-state index is 12.6. The van der Waals surface area contributed by atoms with E-state index in [0.717, 1.165) is 29.4 Å². The third kappa shape index (κ3) is 4.84. The van der Waals surface area contributed by atoms with Crippen molar-refractivity contribution in [1.29, 1.82) is 0 Å². The van der Waals surface area contributed by atoms with E-state index < -0.39 is 6.04 Å². The van der Waals surface area contributed by atoms with Crippen LogP contribution in [0.1, 0.15) is 24.0 Å². The zero-order valence-electron chi connectivity index (χ0n) is 14.3. The van der Waals surface area contributed by atoms with E-state index in [9.17, 15) is 4.79 Å². The van der Waals surface area contributed by atoms with Crippen LogP contribution in [0, 0.1) is 0 Å². The Labute approximate surface area is 164 Å².